The van der Waals surface area contributed by atoms with Crippen molar-refractivity contribution in [2.45, 2.75) is 19.3 Å². The van der Waals surface area contributed by atoms with Crippen LogP contribution < -0.4 is 15.6 Å². The fourth-order valence-corrected chi connectivity index (χ4v) is 2.11. The second kappa shape index (κ2) is 7.29. The van der Waals surface area contributed by atoms with Crippen LogP contribution in [0.4, 0.5) is 0 Å². The zero-order chi connectivity index (χ0) is 12.7. The molecule has 0 aliphatic rings. The van der Waals surface area contributed by atoms with Crippen LogP contribution in [0.15, 0.2) is 22.7 Å². The lowest BCUT2D eigenvalue weighted by atomic mass is 10.1. The van der Waals surface area contributed by atoms with Crippen LogP contribution >= 0.6 is 15.9 Å². The molecule has 17 heavy (non-hydrogen) atoms. The highest BCUT2D eigenvalue weighted by Gasteiger charge is 2.03. The van der Waals surface area contributed by atoms with Crippen molar-refractivity contribution in [1.82, 2.24) is 10.9 Å². The number of ether oxygens (including phenoxy) is 1. The van der Waals surface area contributed by atoms with Crippen LogP contribution in [-0.4, -0.2) is 20.1 Å². The Kier molecular flexibility index (Phi) is 6.00. The van der Waals surface area contributed by atoms with Gasteiger partial charge in [-0.05, 0) is 46.5 Å². The van der Waals surface area contributed by atoms with Crippen LogP contribution in [0, 0.1) is 0 Å². The molecule has 1 amide bonds. The van der Waals surface area contributed by atoms with Crippen molar-refractivity contribution in [3.05, 3.63) is 28.2 Å². The molecular formula is C12H17BrN2O2. The third kappa shape index (κ3) is 4.75. The molecule has 0 saturated carbocycles. The summed E-state index contributed by atoms with van der Waals surface area (Å²) >= 11 is 3.44. The van der Waals surface area contributed by atoms with Gasteiger partial charge in [0.2, 0.25) is 5.91 Å². The first-order valence-electron chi connectivity index (χ1n) is 5.45. The molecule has 0 saturated heterocycles. The Morgan fingerprint density at radius 1 is 1.47 bits per heavy atom. The molecule has 2 N–H and O–H groups in total. The van der Waals surface area contributed by atoms with Gasteiger partial charge in [0.05, 0.1) is 11.6 Å². The first-order valence-corrected chi connectivity index (χ1v) is 6.24. The molecule has 1 aromatic carbocycles. The van der Waals surface area contributed by atoms with Crippen LogP contribution in [0.25, 0.3) is 0 Å². The van der Waals surface area contributed by atoms with Crippen molar-refractivity contribution in [2.24, 2.45) is 0 Å². The molecule has 0 bridgehead atoms. The molecule has 0 atom stereocenters. The van der Waals surface area contributed by atoms with E-state index in [2.05, 4.69) is 26.8 Å². The van der Waals surface area contributed by atoms with Gasteiger partial charge in [0, 0.05) is 13.5 Å². The van der Waals surface area contributed by atoms with Gasteiger partial charge in [-0.2, -0.15) is 0 Å². The predicted octanol–water partition coefficient (Wildman–Crippen LogP) is 2.03. The number of aryl methyl sites for hydroxylation is 1. The molecular weight excluding hydrogens is 284 g/mol. The molecule has 0 unspecified atom stereocenters. The number of halogens is 1. The first kappa shape index (κ1) is 14.0. The average molecular weight is 301 g/mol. The summed E-state index contributed by atoms with van der Waals surface area (Å²) in [4.78, 5) is 11.2. The highest BCUT2D eigenvalue weighted by molar-refractivity contribution is 9.10. The number of hydrogen-bond acceptors (Lipinski definition) is 3. The average Bonchev–Trinajstić information content (AvgIpc) is 2.29. The van der Waals surface area contributed by atoms with Gasteiger partial charge in [0.1, 0.15) is 5.75 Å². The van der Waals surface area contributed by atoms with Gasteiger partial charge >= 0.3 is 0 Å². The number of amides is 1. The van der Waals surface area contributed by atoms with E-state index in [1.54, 1.807) is 14.2 Å². The molecule has 0 radical (unpaired) electrons. The molecule has 5 heteroatoms. The minimum absolute atomic E-state index is 0.0140. The van der Waals surface area contributed by atoms with Crippen molar-refractivity contribution in [2.75, 3.05) is 14.2 Å². The lowest BCUT2D eigenvalue weighted by Crippen LogP contribution is -2.33. The molecule has 0 aliphatic carbocycles. The molecule has 0 aromatic heterocycles. The van der Waals surface area contributed by atoms with Crippen molar-refractivity contribution in [3.63, 3.8) is 0 Å². The summed E-state index contributed by atoms with van der Waals surface area (Å²) in [6.07, 6.45) is 2.22. The van der Waals surface area contributed by atoms with E-state index < -0.39 is 0 Å². The Morgan fingerprint density at radius 2 is 2.24 bits per heavy atom. The SMILES string of the molecule is CNNC(=O)CCCc1ccc(OC)c(Br)c1. The van der Waals surface area contributed by atoms with Crippen molar-refractivity contribution in [3.8, 4) is 5.75 Å². The monoisotopic (exact) mass is 300 g/mol. The summed E-state index contributed by atoms with van der Waals surface area (Å²) < 4.78 is 6.10. The number of hydrogen-bond donors (Lipinski definition) is 2. The Balaban J connectivity index is 2.42. The summed E-state index contributed by atoms with van der Waals surface area (Å²) in [6.45, 7) is 0. The normalized spacial score (nSPS) is 10.1. The fraction of sp³-hybridized carbons (Fsp3) is 0.417. The number of nitrogens with one attached hydrogen (secondary N) is 2. The van der Waals surface area contributed by atoms with Crippen LogP contribution in [0.3, 0.4) is 0 Å². The number of benzene rings is 1. The second-order valence-corrected chi connectivity index (χ2v) is 4.47. The van der Waals surface area contributed by atoms with Crippen LogP contribution in [0.5, 0.6) is 5.75 Å². The predicted molar refractivity (Wildman–Crippen MR) is 70.8 cm³/mol. The third-order valence-corrected chi connectivity index (χ3v) is 2.97. The number of hydrazine groups is 1. The molecule has 4 nitrogen and oxygen atoms in total. The summed E-state index contributed by atoms with van der Waals surface area (Å²) in [5.74, 6) is 0.835. The zero-order valence-electron chi connectivity index (χ0n) is 10.0. The molecule has 1 aromatic rings. The minimum atomic E-state index is 0.0140. The second-order valence-electron chi connectivity index (χ2n) is 3.62. The Hall–Kier alpha value is -1.07. The topological polar surface area (TPSA) is 50.4 Å². The van der Waals surface area contributed by atoms with Crippen LogP contribution in [-0.2, 0) is 11.2 Å². The Labute approximate surface area is 110 Å². The zero-order valence-corrected chi connectivity index (χ0v) is 11.6. The van der Waals surface area contributed by atoms with E-state index in [4.69, 9.17) is 4.74 Å². The van der Waals surface area contributed by atoms with E-state index in [-0.39, 0.29) is 5.91 Å². The van der Waals surface area contributed by atoms with E-state index in [1.165, 1.54) is 5.56 Å². The van der Waals surface area contributed by atoms with Gasteiger partial charge < -0.3 is 4.74 Å². The molecule has 0 aliphatic heterocycles. The van der Waals surface area contributed by atoms with Crippen molar-refractivity contribution in [1.29, 1.82) is 0 Å². The Bertz CT molecular complexity index is 383. The molecule has 0 spiro atoms. The molecule has 1 rings (SSSR count). The fourth-order valence-electron chi connectivity index (χ4n) is 1.52. The van der Waals surface area contributed by atoms with E-state index in [0.29, 0.717) is 6.42 Å². The number of rotatable bonds is 6. The molecule has 0 heterocycles. The molecule has 0 fully saturated rings. The number of carbonyl (C=O) groups is 1. The van der Waals surface area contributed by atoms with Gasteiger partial charge in [-0.3, -0.25) is 10.2 Å². The third-order valence-electron chi connectivity index (χ3n) is 2.35. The van der Waals surface area contributed by atoms with Crippen molar-refractivity contribution >= 4 is 21.8 Å². The van der Waals surface area contributed by atoms with Crippen LogP contribution in [0.2, 0.25) is 0 Å². The van der Waals surface area contributed by atoms with E-state index in [9.17, 15) is 4.79 Å². The summed E-state index contributed by atoms with van der Waals surface area (Å²) in [5, 5.41) is 0. The maximum Gasteiger partial charge on any atom is 0.234 e. The highest BCUT2D eigenvalue weighted by Crippen LogP contribution is 2.26. The maximum atomic E-state index is 11.2. The van der Waals surface area contributed by atoms with Gasteiger partial charge in [0.15, 0.2) is 0 Å². The standard InChI is InChI=1S/C12H17BrN2O2/c1-14-15-12(16)5-3-4-9-6-7-11(17-2)10(13)8-9/h6-8,14H,3-5H2,1-2H3,(H,15,16). The van der Waals surface area contributed by atoms with Gasteiger partial charge in [-0.25, -0.2) is 5.43 Å². The van der Waals surface area contributed by atoms with Gasteiger partial charge in [0.25, 0.3) is 0 Å². The summed E-state index contributed by atoms with van der Waals surface area (Å²) in [5.41, 5.74) is 6.35. The lowest BCUT2D eigenvalue weighted by molar-refractivity contribution is -0.122. The Morgan fingerprint density at radius 3 is 2.82 bits per heavy atom. The minimum Gasteiger partial charge on any atom is -0.496 e. The van der Waals surface area contributed by atoms with Crippen molar-refractivity contribution < 1.29 is 9.53 Å². The van der Waals surface area contributed by atoms with E-state index >= 15 is 0 Å². The largest absolute Gasteiger partial charge is 0.496 e. The number of methoxy groups -OCH3 is 1. The summed E-state index contributed by atoms with van der Waals surface area (Å²) in [7, 11) is 3.32. The van der Waals surface area contributed by atoms with Gasteiger partial charge in [-0.15, -0.1) is 0 Å². The lowest BCUT2D eigenvalue weighted by Gasteiger charge is -2.06. The van der Waals surface area contributed by atoms with Gasteiger partial charge in [-0.1, -0.05) is 6.07 Å². The maximum absolute atomic E-state index is 11.2. The molecule has 94 valence electrons. The quantitative estimate of drug-likeness (QED) is 0.791. The van der Waals surface area contributed by atoms with E-state index in [0.717, 1.165) is 23.1 Å². The summed E-state index contributed by atoms with van der Waals surface area (Å²) in [6, 6.07) is 5.96. The van der Waals surface area contributed by atoms with Crippen LogP contribution in [0.1, 0.15) is 18.4 Å². The highest BCUT2D eigenvalue weighted by atomic mass is 79.9. The first-order chi connectivity index (χ1) is 8.17. The smallest absolute Gasteiger partial charge is 0.234 e. The van der Waals surface area contributed by atoms with E-state index in [1.807, 2.05) is 18.2 Å². The number of carbonyl (C=O) groups excluding carboxylic acids is 1.